The Labute approximate surface area is 143 Å². The number of rotatable bonds is 5. The highest BCUT2D eigenvalue weighted by Crippen LogP contribution is 2.24. The van der Waals surface area contributed by atoms with Crippen LogP contribution in [0.5, 0.6) is 0 Å². The van der Waals surface area contributed by atoms with E-state index in [1.165, 1.54) is 0 Å². The van der Waals surface area contributed by atoms with Crippen LogP contribution >= 0.6 is 0 Å². The monoisotopic (exact) mass is 329 g/mol. The molecule has 2 aromatic rings. The molecule has 0 aliphatic rings. The maximum atomic E-state index is 12.5. The third-order valence-electron chi connectivity index (χ3n) is 4.02. The van der Waals surface area contributed by atoms with Crippen molar-refractivity contribution in [2.24, 2.45) is 5.41 Å². The fourth-order valence-electron chi connectivity index (χ4n) is 2.48. The van der Waals surface area contributed by atoms with Gasteiger partial charge >= 0.3 is 0 Å². The molecule has 130 valence electrons. The van der Waals surface area contributed by atoms with Gasteiger partial charge in [-0.3, -0.25) is 9.59 Å². The summed E-state index contributed by atoms with van der Waals surface area (Å²) in [4.78, 5) is 31.8. The van der Waals surface area contributed by atoms with Gasteiger partial charge in [-0.1, -0.05) is 20.8 Å². The first-order chi connectivity index (χ1) is 11.1. The maximum absolute atomic E-state index is 12.5. The number of nitrogens with one attached hydrogen (secondary N) is 1. The molecule has 0 aliphatic heterocycles. The number of carbonyl (C=O) groups excluding carboxylic acids is 2. The number of fused-ring (bicyclic) bond motifs is 1. The highest BCUT2D eigenvalue weighted by Gasteiger charge is 2.23. The van der Waals surface area contributed by atoms with Gasteiger partial charge < -0.3 is 14.8 Å². The fraction of sp³-hybridized carbons (Fsp3) is 0.474. The highest BCUT2D eigenvalue weighted by atomic mass is 16.2. The molecule has 0 atom stereocenters. The van der Waals surface area contributed by atoms with Gasteiger partial charge in [-0.15, -0.1) is 0 Å². The van der Waals surface area contributed by atoms with Crippen molar-refractivity contribution in [3.05, 3.63) is 35.5 Å². The van der Waals surface area contributed by atoms with Gasteiger partial charge in [-0.25, -0.2) is 0 Å². The molecule has 2 rings (SSSR count). The average Bonchev–Trinajstić information content (AvgIpc) is 2.92. The molecule has 0 unspecified atom stereocenters. The Kier molecular flexibility index (Phi) is 5.13. The van der Waals surface area contributed by atoms with Crippen LogP contribution in [0.4, 0.5) is 0 Å². The Bertz CT molecular complexity index is 754. The molecule has 1 N–H and O–H groups in total. The summed E-state index contributed by atoms with van der Waals surface area (Å²) in [5.41, 5.74) is 1.67. The summed E-state index contributed by atoms with van der Waals surface area (Å²) >= 11 is 0. The molecule has 0 saturated heterocycles. The third kappa shape index (κ3) is 4.03. The minimum atomic E-state index is -0.422. The summed E-state index contributed by atoms with van der Waals surface area (Å²) in [5, 5.41) is 0.884. The standard InChI is InChI=1S/C19H27N3O2/c1-19(2,3)17(23)13-7-8-15-14(11-13)12-16(20-15)18(24)22(6)10-9-21(4)5/h7-8,11-12,20H,9-10H2,1-6H3. The van der Waals surface area contributed by atoms with Crippen LogP contribution in [0.2, 0.25) is 0 Å². The summed E-state index contributed by atoms with van der Waals surface area (Å²) < 4.78 is 0. The lowest BCUT2D eigenvalue weighted by molar-refractivity contribution is 0.0781. The molecule has 0 spiro atoms. The largest absolute Gasteiger partial charge is 0.351 e. The maximum Gasteiger partial charge on any atom is 0.270 e. The Balaban J connectivity index is 2.25. The zero-order valence-electron chi connectivity index (χ0n) is 15.4. The zero-order valence-corrected chi connectivity index (χ0v) is 15.4. The number of aromatic amines is 1. The van der Waals surface area contributed by atoms with Crippen molar-refractivity contribution >= 4 is 22.6 Å². The van der Waals surface area contributed by atoms with Crippen LogP contribution in [0, 0.1) is 5.41 Å². The van der Waals surface area contributed by atoms with E-state index < -0.39 is 5.41 Å². The van der Waals surface area contributed by atoms with Crippen LogP contribution in [-0.2, 0) is 0 Å². The molecule has 5 heteroatoms. The molecule has 1 amide bonds. The topological polar surface area (TPSA) is 56.4 Å². The molecule has 5 nitrogen and oxygen atoms in total. The number of H-pyrrole nitrogens is 1. The van der Waals surface area contributed by atoms with E-state index in [1.807, 2.05) is 64.0 Å². The molecule has 0 fully saturated rings. The lowest BCUT2D eigenvalue weighted by Crippen LogP contribution is -2.33. The molecular weight excluding hydrogens is 302 g/mol. The van der Waals surface area contributed by atoms with Crippen LogP contribution in [0.25, 0.3) is 10.9 Å². The Morgan fingerprint density at radius 1 is 1.04 bits per heavy atom. The number of Topliss-reactive ketones (excluding diaryl/α,β-unsaturated/α-hetero) is 1. The van der Waals surface area contributed by atoms with Crippen molar-refractivity contribution in [2.75, 3.05) is 34.2 Å². The molecule has 1 heterocycles. The summed E-state index contributed by atoms with van der Waals surface area (Å²) in [7, 11) is 5.76. The van der Waals surface area contributed by atoms with Gasteiger partial charge in [-0.2, -0.15) is 0 Å². The summed E-state index contributed by atoms with van der Waals surface area (Å²) in [6, 6.07) is 7.36. The van der Waals surface area contributed by atoms with Gasteiger partial charge in [0.1, 0.15) is 5.69 Å². The SMILES string of the molecule is CN(C)CCN(C)C(=O)c1cc2cc(C(=O)C(C)(C)C)ccc2[nH]1. The Hall–Kier alpha value is -2.14. The third-order valence-corrected chi connectivity index (χ3v) is 4.02. The van der Waals surface area contributed by atoms with Gasteiger partial charge in [-0.05, 0) is 38.4 Å². The van der Waals surface area contributed by atoms with Crippen molar-refractivity contribution in [3.63, 3.8) is 0 Å². The van der Waals surface area contributed by atoms with Crippen LogP contribution in [0.15, 0.2) is 24.3 Å². The lowest BCUT2D eigenvalue weighted by Gasteiger charge is -2.18. The quantitative estimate of drug-likeness (QED) is 0.858. The first-order valence-electron chi connectivity index (χ1n) is 8.17. The first-order valence-corrected chi connectivity index (χ1v) is 8.17. The smallest absolute Gasteiger partial charge is 0.270 e. The first kappa shape index (κ1) is 18.2. The van der Waals surface area contributed by atoms with Gasteiger partial charge in [0, 0.05) is 42.0 Å². The second-order valence-electron chi connectivity index (χ2n) is 7.59. The van der Waals surface area contributed by atoms with Crippen molar-refractivity contribution < 1.29 is 9.59 Å². The molecule has 1 aromatic heterocycles. The second-order valence-corrected chi connectivity index (χ2v) is 7.59. The predicted molar refractivity (Wildman–Crippen MR) is 97.6 cm³/mol. The number of hydrogen-bond acceptors (Lipinski definition) is 3. The minimum absolute atomic E-state index is 0.0447. The summed E-state index contributed by atoms with van der Waals surface area (Å²) in [6.45, 7) is 7.20. The molecule has 0 radical (unpaired) electrons. The number of likely N-dealkylation sites (N-methyl/N-ethyl adjacent to an activating group) is 2. The number of ketones is 1. The molecule has 24 heavy (non-hydrogen) atoms. The molecular formula is C19H27N3O2. The van der Waals surface area contributed by atoms with E-state index >= 15 is 0 Å². The number of hydrogen-bond donors (Lipinski definition) is 1. The average molecular weight is 329 g/mol. The zero-order chi connectivity index (χ0) is 18.1. The van der Waals surface area contributed by atoms with Crippen molar-refractivity contribution in [3.8, 4) is 0 Å². The summed E-state index contributed by atoms with van der Waals surface area (Å²) in [5.74, 6) is 0.0540. The number of benzene rings is 1. The van der Waals surface area contributed by atoms with Crippen LogP contribution in [0.1, 0.15) is 41.6 Å². The molecule has 0 saturated carbocycles. The lowest BCUT2D eigenvalue weighted by atomic mass is 9.86. The predicted octanol–water partition coefficient (Wildman–Crippen LogP) is 3.03. The van der Waals surface area contributed by atoms with E-state index in [4.69, 9.17) is 0 Å². The van der Waals surface area contributed by atoms with Crippen molar-refractivity contribution in [2.45, 2.75) is 20.8 Å². The van der Waals surface area contributed by atoms with Crippen LogP contribution in [0.3, 0.4) is 0 Å². The number of nitrogens with zero attached hydrogens (tertiary/aromatic N) is 2. The van der Waals surface area contributed by atoms with E-state index in [1.54, 1.807) is 11.9 Å². The van der Waals surface area contributed by atoms with Crippen LogP contribution in [-0.4, -0.2) is 60.7 Å². The van der Waals surface area contributed by atoms with E-state index in [0.29, 0.717) is 17.8 Å². The van der Waals surface area contributed by atoms with E-state index in [9.17, 15) is 9.59 Å². The highest BCUT2D eigenvalue weighted by molar-refractivity contribution is 6.04. The van der Waals surface area contributed by atoms with Gasteiger partial charge in [0.05, 0.1) is 0 Å². The second kappa shape index (κ2) is 6.77. The van der Waals surface area contributed by atoms with Crippen LogP contribution < -0.4 is 0 Å². The van der Waals surface area contributed by atoms with Crippen molar-refractivity contribution in [1.82, 2.24) is 14.8 Å². The normalized spacial score (nSPS) is 12.0. The molecule has 0 aliphatic carbocycles. The Morgan fingerprint density at radius 2 is 1.71 bits per heavy atom. The number of aromatic nitrogens is 1. The van der Waals surface area contributed by atoms with E-state index in [0.717, 1.165) is 17.4 Å². The number of amides is 1. The fourth-order valence-corrected chi connectivity index (χ4v) is 2.48. The van der Waals surface area contributed by atoms with E-state index in [-0.39, 0.29) is 11.7 Å². The van der Waals surface area contributed by atoms with Gasteiger partial charge in [0.15, 0.2) is 5.78 Å². The van der Waals surface area contributed by atoms with Gasteiger partial charge in [0.2, 0.25) is 0 Å². The molecule has 1 aromatic carbocycles. The van der Waals surface area contributed by atoms with Crippen molar-refractivity contribution in [1.29, 1.82) is 0 Å². The van der Waals surface area contributed by atoms with E-state index in [2.05, 4.69) is 4.98 Å². The molecule has 0 bridgehead atoms. The number of carbonyl (C=O) groups is 2. The summed E-state index contributed by atoms with van der Waals surface area (Å²) in [6.07, 6.45) is 0. The minimum Gasteiger partial charge on any atom is -0.351 e. The Morgan fingerprint density at radius 3 is 2.29 bits per heavy atom. The van der Waals surface area contributed by atoms with Gasteiger partial charge in [0.25, 0.3) is 5.91 Å².